The number of carbonyl (C=O) groups excluding carboxylic acids is 1. The predicted octanol–water partition coefficient (Wildman–Crippen LogP) is 2.56. The molecule has 2 aliphatic heterocycles. The van der Waals surface area contributed by atoms with Crippen LogP contribution in [-0.4, -0.2) is 48.5 Å². The van der Waals surface area contributed by atoms with Gasteiger partial charge in [0.25, 0.3) is 0 Å². The summed E-state index contributed by atoms with van der Waals surface area (Å²) < 4.78 is 0. The van der Waals surface area contributed by atoms with Crippen LogP contribution in [0.25, 0.3) is 0 Å². The van der Waals surface area contributed by atoms with E-state index in [4.69, 9.17) is 0 Å². The van der Waals surface area contributed by atoms with E-state index in [-0.39, 0.29) is 11.8 Å². The van der Waals surface area contributed by atoms with Crippen molar-refractivity contribution in [1.29, 1.82) is 0 Å². The molecule has 3 fully saturated rings. The maximum absolute atomic E-state index is 12.7. The van der Waals surface area contributed by atoms with Crippen molar-refractivity contribution in [3.8, 4) is 0 Å². The zero-order valence-corrected chi connectivity index (χ0v) is 15.0. The lowest BCUT2D eigenvalue weighted by atomic mass is 9.91. The molecule has 1 atom stereocenters. The van der Waals surface area contributed by atoms with E-state index in [9.17, 15) is 4.79 Å². The van der Waals surface area contributed by atoms with E-state index in [2.05, 4.69) is 33.7 Å². The fourth-order valence-corrected chi connectivity index (χ4v) is 5.17. The van der Waals surface area contributed by atoms with E-state index in [1.54, 1.807) is 0 Å². The first kappa shape index (κ1) is 16.4. The van der Waals surface area contributed by atoms with Gasteiger partial charge in [0.05, 0.1) is 0 Å². The topological polar surface area (TPSA) is 44.4 Å². The molecule has 0 radical (unpaired) electrons. The standard InChI is InChI=1S/C19H27N3OS/c23-18(16-13-19(16)5-7-20-8-6-19)21-17-4-2-1-3-15(17)14-22-9-11-24-12-10-22/h1-4,16,20H,5-14H2,(H,21,23). The molecule has 24 heavy (non-hydrogen) atoms. The Morgan fingerprint density at radius 1 is 1.25 bits per heavy atom. The third-order valence-electron chi connectivity index (χ3n) is 5.88. The van der Waals surface area contributed by atoms with Gasteiger partial charge in [-0.25, -0.2) is 0 Å². The summed E-state index contributed by atoms with van der Waals surface area (Å²) in [6, 6.07) is 8.32. The van der Waals surface area contributed by atoms with Crippen molar-refractivity contribution in [2.45, 2.75) is 25.8 Å². The molecule has 4 rings (SSSR count). The van der Waals surface area contributed by atoms with Gasteiger partial charge in [0.1, 0.15) is 0 Å². The molecule has 2 N–H and O–H groups in total. The maximum atomic E-state index is 12.7. The predicted molar refractivity (Wildman–Crippen MR) is 100 cm³/mol. The van der Waals surface area contributed by atoms with E-state index < -0.39 is 0 Å². The van der Waals surface area contributed by atoms with Crippen LogP contribution in [0.2, 0.25) is 0 Å². The third-order valence-corrected chi connectivity index (χ3v) is 6.82. The Balaban J connectivity index is 1.40. The number of nitrogens with zero attached hydrogens (tertiary/aromatic N) is 1. The van der Waals surface area contributed by atoms with Crippen LogP contribution in [0.4, 0.5) is 5.69 Å². The second-order valence-corrected chi connectivity index (χ2v) is 8.63. The maximum Gasteiger partial charge on any atom is 0.228 e. The summed E-state index contributed by atoms with van der Waals surface area (Å²) in [7, 11) is 0. The summed E-state index contributed by atoms with van der Waals surface area (Å²) in [5.74, 6) is 2.89. The molecule has 0 aromatic heterocycles. The number of hydrogen-bond donors (Lipinski definition) is 2. The molecule has 130 valence electrons. The number of rotatable bonds is 4. The number of nitrogens with one attached hydrogen (secondary N) is 2. The van der Waals surface area contributed by atoms with Crippen molar-refractivity contribution in [2.24, 2.45) is 11.3 Å². The summed E-state index contributed by atoms with van der Waals surface area (Å²) in [5.41, 5.74) is 2.56. The number of hydrogen-bond acceptors (Lipinski definition) is 4. The van der Waals surface area contributed by atoms with Gasteiger partial charge in [-0.05, 0) is 49.4 Å². The van der Waals surface area contributed by atoms with Crippen molar-refractivity contribution < 1.29 is 4.79 Å². The van der Waals surface area contributed by atoms with Crippen LogP contribution in [-0.2, 0) is 11.3 Å². The van der Waals surface area contributed by atoms with Crippen molar-refractivity contribution in [2.75, 3.05) is 43.0 Å². The molecule has 5 heteroatoms. The van der Waals surface area contributed by atoms with Gasteiger partial charge in [-0.2, -0.15) is 11.8 Å². The second kappa shape index (κ2) is 7.06. The monoisotopic (exact) mass is 345 g/mol. The van der Waals surface area contributed by atoms with E-state index in [1.165, 1.54) is 17.1 Å². The number of carbonyl (C=O) groups is 1. The van der Waals surface area contributed by atoms with E-state index in [0.29, 0.717) is 5.41 Å². The molecule has 1 unspecified atom stereocenters. The molecule has 1 aromatic carbocycles. The summed E-state index contributed by atoms with van der Waals surface area (Å²) in [4.78, 5) is 15.2. The van der Waals surface area contributed by atoms with E-state index >= 15 is 0 Å². The fraction of sp³-hybridized carbons (Fsp3) is 0.632. The molecule has 0 bridgehead atoms. The van der Waals surface area contributed by atoms with Gasteiger partial charge in [-0.15, -0.1) is 0 Å². The van der Waals surface area contributed by atoms with E-state index in [0.717, 1.165) is 57.7 Å². The molecule has 2 saturated heterocycles. The average Bonchev–Trinajstić information content (AvgIpc) is 3.31. The minimum Gasteiger partial charge on any atom is -0.326 e. The SMILES string of the molecule is O=C(Nc1ccccc1CN1CCSCC1)C1CC12CCNCC2. The second-order valence-electron chi connectivity index (χ2n) is 7.40. The van der Waals surface area contributed by atoms with Gasteiger partial charge >= 0.3 is 0 Å². The first-order valence-electron chi connectivity index (χ1n) is 9.16. The van der Waals surface area contributed by atoms with Crippen molar-refractivity contribution >= 4 is 23.4 Å². The molecular weight excluding hydrogens is 318 g/mol. The summed E-state index contributed by atoms with van der Waals surface area (Å²) in [6.07, 6.45) is 3.38. The minimum atomic E-state index is 0.221. The molecule has 4 nitrogen and oxygen atoms in total. The lowest BCUT2D eigenvalue weighted by Crippen LogP contribution is -2.33. The van der Waals surface area contributed by atoms with Gasteiger partial charge in [0.15, 0.2) is 0 Å². The highest BCUT2D eigenvalue weighted by atomic mass is 32.2. The summed E-state index contributed by atoms with van der Waals surface area (Å²) >= 11 is 2.03. The lowest BCUT2D eigenvalue weighted by molar-refractivity contribution is -0.118. The Morgan fingerprint density at radius 2 is 2.00 bits per heavy atom. The van der Waals surface area contributed by atoms with Gasteiger partial charge in [-0.1, -0.05) is 18.2 Å². The molecule has 3 aliphatic rings. The quantitative estimate of drug-likeness (QED) is 0.880. The smallest absolute Gasteiger partial charge is 0.228 e. The van der Waals surface area contributed by atoms with Crippen LogP contribution in [0.3, 0.4) is 0 Å². The van der Waals surface area contributed by atoms with Gasteiger partial charge in [0.2, 0.25) is 5.91 Å². The van der Waals surface area contributed by atoms with Crippen molar-refractivity contribution in [1.82, 2.24) is 10.2 Å². The Kier molecular flexibility index (Phi) is 4.83. The Morgan fingerprint density at radius 3 is 2.79 bits per heavy atom. The number of benzene rings is 1. The highest BCUT2D eigenvalue weighted by Crippen LogP contribution is 2.58. The van der Waals surface area contributed by atoms with Crippen LogP contribution in [0, 0.1) is 11.3 Å². The molecular formula is C19H27N3OS. The Bertz CT molecular complexity index is 594. The van der Waals surface area contributed by atoms with Crippen LogP contribution in [0.15, 0.2) is 24.3 Å². The Hall–Kier alpha value is -1.04. The molecule has 1 aliphatic carbocycles. The van der Waals surface area contributed by atoms with Gasteiger partial charge in [-0.3, -0.25) is 9.69 Å². The van der Waals surface area contributed by atoms with Crippen molar-refractivity contribution in [3.63, 3.8) is 0 Å². The Labute approximate surface area is 148 Å². The largest absolute Gasteiger partial charge is 0.326 e. The number of piperidine rings is 1. The highest BCUT2D eigenvalue weighted by molar-refractivity contribution is 7.99. The van der Waals surface area contributed by atoms with Crippen LogP contribution < -0.4 is 10.6 Å². The molecule has 1 amide bonds. The summed E-state index contributed by atoms with van der Waals surface area (Å²) in [5, 5.41) is 6.65. The van der Waals surface area contributed by atoms with Crippen LogP contribution in [0.5, 0.6) is 0 Å². The summed E-state index contributed by atoms with van der Waals surface area (Å²) in [6.45, 7) is 5.36. The lowest BCUT2D eigenvalue weighted by Gasteiger charge is -2.27. The van der Waals surface area contributed by atoms with Crippen LogP contribution >= 0.6 is 11.8 Å². The normalized spacial score (nSPS) is 26.2. The number of para-hydroxylation sites is 1. The first-order valence-corrected chi connectivity index (χ1v) is 10.3. The highest BCUT2D eigenvalue weighted by Gasteiger charge is 2.57. The number of thioether (sulfide) groups is 1. The fourth-order valence-electron chi connectivity index (χ4n) is 4.20. The van der Waals surface area contributed by atoms with Crippen LogP contribution in [0.1, 0.15) is 24.8 Å². The van der Waals surface area contributed by atoms with Gasteiger partial charge < -0.3 is 10.6 Å². The third kappa shape index (κ3) is 3.48. The van der Waals surface area contributed by atoms with E-state index in [1.807, 2.05) is 17.8 Å². The zero-order valence-electron chi connectivity index (χ0n) is 14.2. The van der Waals surface area contributed by atoms with Gasteiger partial charge in [0, 0.05) is 42.7 Å². The number of amides is 1. The molecule has 1 aromatic rings. The minimum absolute atomic E-state index is 0.221. The van der Waals surface area contributed by atoms with Crippen molar-refractivity contribution in [3.05, 3.63) is 29.8 Å². The average molecular weight is 346 g/mol. The zero-order chi connectivity index (χ0) is 16.4. The number of anilines is 1. The first-order chi connectivity index (χ1) is 11.8. The molecule has 2 heterocycles. The molecule has 1 spiro atoms. The molecule has 1 saturated carbocycles.